The smallest absolute Gasteiger partial charge is 0.255 e. The average Bonchev–Trinajstić information content (AvgIpc) is 2.97. The molecule has 0 aliphatic carbocycles. The van der Waals surface area contributed by atoms with Gasteiger partial charge in [-0.25, -0.2) is 4.98 Å². The van der Waals surface area contributed by atoms with Crippen molar-refractivity contribution in [2.45, 2.75) is 13.3 Å². The summed E-state index contributed by atoms with van der Waals surface area (Å²) in [5, 5.41) is 3.54. The molecule has 0 bridgehead atoms. The van der Waals surface area contributed by atoms with Crippen LogP contribution in [0.2, 0.25) is 0 Å². The molecule has 116 valence electrons. The minimum Gasteiger partial charge on any atom is -0.399 e. The van der Waals surface area contributed by atoms with Gasteiger partial charge >= 0.3 is 0 Å². The fourth-order valence-corrected chi connectivity index (χ4v) is 2.31. The summed E-state index contributed by atoms with van der Waals surface area (Å²) in [5.41, 5.74) is 8.37. The Hall–Kier alpha value is -3.15. The molecule has 2 heterocycles. The Morgan fingerprint density at radius 3 is 2.83 bits per heavy atom. The molecule has 0 saturated heterocycles. The molecule has 1 aromatic carbocycles. The van der Waals surface area contributed by atoms with Crippen molar-refractivity contribution in [1.29, 1.82) is 0 Å². The van der Waals surface area contributed by atoms with Gasteiger partial charge in [0.15, 0.2) is 5.78 Å². The molecule has 0 aliphatic rings. The van der Waals surface area contributed by atoms with Crippen LogP contribution < -0.4 is 11.1 Å². The first-order valence-electron chi connectivity index (χ1n) is 7.25. The van der Waals surface area contributed by atoms with E-state index in [1.807, 2.05) is 0 Å². The number of anilines is 2. The number of nitrogen functional groups attached to an aromatic ring is 1. The van der Waals surface area contributed by atoms with Gasteiger partial charge in [0.1, 0.15) is 5.65 Å². The summed E-state index contributed by atoms with van der Waals surface area (Å²) in [7, 11) is 0. The number of hydrogen-bond acceptors (Lipinski definition) is 4. The van der Waals surface area contributed by atoms with E-state index in [1.54, 1.807) is 49.5 Å². The topological polar surface area (TPSA) is 101 Å². The maximum absolute atomic E-state index is 12.2. The lowest BCUT2D eigenvalue weighted by Crippen LogP contribution is -2.12. The third kappa shape index (κ3) is 3.06. The van der Waals surface area contributed by atoms with Crippen LogP contribution in [0.5, 0.6) is 0 Å². The van der Waals surface area contributed by atoms with E-state index in [0.717, 1.165) is 5.39 Å². The second kappa shape index (κ2) is 5.92. The number of aromatic amines is 1. The van der Waals surface area contributed by atoms with Gasteiger partial charge in [-0.3, -0.25) is 9.59 Å². The number of hydrogen-bond donors (Lipinski definition) is 3. The second-order valence-electron chi connectivity index (χ2n) is 5.20. The van der Waals surface area contributed by atoms with Crippen molar-refractivity contribution in [3.63, 3.8) is 0 Å². The number of carbonyl (C=O) groups excluding carboxylic acids is 2. The van der Waals surface area contributed by atoms with Gasteiger partial charge in [-0.1, -0.05) is 13.0 Å². The van der Waals surface area contributed by atoms with Gasteiger partial charge in [0.2, 0.25) is 0 Å². The van der Waals surface area contributed by atoms with Crippen LogP contribution in [0.15, 0.2) is 42.6 Å². The quantitative estimate of drug-likeness (QED) is 0.509. The maximum Gasteiger partial charge on any atom is 0.255 e. The van der Waals surface area contributed by atoms with E-state index >= 15 is 0 Å². The molecule has 3 aromatic rings. The predicted molar refractivity (Wildman–Crippen MR) is 89.5 cm³/mol. The normalized spacial score (nSPS) is 10.7. The highest BCUT2D eigenvalue weighted by Gasteiger charge is 2.10. The first kappa shape index (κ1) is 14.8. The number of pyridine rings is 1. The minimum absolute atomic E-state index is 0.0216. The van der Waals surface area contributed by atoms with Gasteiger partial charge in [0.05, 0.1) is 17.6 Å². The number of nitrogens with zero attached hydrogens (tertiary/aromatic N) is 1. The summed E-state index contributed by atoms with van der Waals surface area (Å²) in [6.45, 7) is 1.80. The third-order valence-electron chi connectivity index (χ3n) is 3.50. The zero-order chi connectivity index (χ0) is 16.4. The van der Waals surface area contributed by atoms with Crippen molar-refractivity contribution in [2.24, 2.45) is 0 Å². The van der Waals surface area contributed by atoms with Gasteiger partial charge < -0.3 is 16.0 Å². The summed E-state index contributed by atoms with van der Waals surface area (Å²) < 4.78 is 0. The van der Waals surface area contributed by atoms with Crippen LogP contribution in [0, 0.1) is 0 Å². The summed E-state index contributed by atoms with van der Waals surface area (Å²) in [4.78, 5) is 31.1. The van der Waals surface area contributed by atoms with Gasteiger partial charge in [-0.2, -0.15) is 0 Å². The average molecular weight is 308 g/mol. The number of rotatable bonds is 4. The maximum atomic E-state index is 12.2. The molecule has 0 aliphatic heterocycles. The van der Waals surface area contributed by atoms with E-state index in [9.17, 15) is 9.59 Å². The molecule has 0 atom stereocenters. The molecule has 4 N–H and O–H groups in total. The third-order valence-corrected chi connectivity index (χ3v) is 3.50. The van der Waals surface area contributed by atoms with Gasteiger partial charge in [-0.05, 0) is 30.3 Å². The molecule has 1 amide bonds. The van der Waals surface area contributed by atoms with Gasteiger partial charge in [0, 0.05) is 23.1 Å². The zero-order valence-corrected chi connectivity index (χ0v) is 12.6. The van der Waals surface area contributed by atoms with Crippen molar-refractivity contribution >= 4 is 34.1 Å². The summed E-state index contributed by atoms with van der Waals surface area (Å²) in [6.07, 6.45) is 1.97. The Kier molecular flexibility index (Phi) is 3.80. The van der Waals surface area contributed by atoms with E-state index in [2.05, 4.69) is 15.3 Å². The molecule has 0 spiro atoms. The Morgan fingerprint density at radius 2 is 2.09 bits per heavy atom. The molecule has 0 fully saturated rings. The Balaban J connectivity index is 1.85. The SMILES string of the molecule is CCC(=O)c1cc2cc(NC(=O)c3cccc(N)c3)cnc2[nH]1. The molecule has 6 heteroatoms. The number of benzene rings is 1. The second-order valence-corrected chi connectivity index (χ2v) is 5.20. The van der Waals surface area contributed by atoms with Crippen molar-refractivity contribution in [3.8, 4) is 0 Å². The first-order valence-corrected chi connectivity index (χ1v) is 7.25. The summed E-state index contributed by atoms with van der Waals surface area (Å²) in [5.74, 6) is -0.243. The van der Waals surface area contributed by atoms with E-state index in [0.29, 0.717) is 34.7 Å². The molecule has 3 rings (SSSR count). The Morgan fingerprint density at radius 1 is 1.26 bits per heavy atom. The largest absolute Gasteiger partial charge is 0.399 e. The van der Waals surface area contributed by atoms with E-state index in [4.69, 9.17) is 5.73 Å². The van der Waals surface area contributed by atoms with E-state index in [-0.39, 0.29) is 11.7 Å². The van der Waals surface area contributed by atoms with Crippen molar-refractivity contribution in [2.75, 3.05) is 11.1 Å². The fraction of sp³-hybridized carbons (Fsp3) is 0.118. The van der Waals surface area contributed by atoms with Gasteiger partial charge in [0.25, 0.3) is 5.91 Å². The number of H-pyrrole nitrogens is 1. The van der Waals surface area contributed by atoms with Crippen LogP contribution >= 0.6 is 0 Å². The van der Waals surface area contributed by atoms with Crippen LogP contribution in [-0.4, -0.2) is 21.7 Å². The Bertz CT molecular complexity index is 898. The monoisotopic (exact) mass is 308 g/mol. The van der Waals surface area contributed by atoms with Crippen LogP contribution in [0.3, 0.4) is 0 Å². The summed E-state index contributed by atoms with van der Waals surface area (Å²) >= 11 is 0. The van der Waals surface area contributed by atoms with Crippen LogP contribution in [0.4, 0.5) is 11.4 Å². The standard InChI is InChI=1S/C17H16N4O2/c1-2-15(22)14-8-11-7-13(9-19-16(11)21-14)20-17(23)10-4-3-5-12(18)6-10/h3-9H,2,18H2,1H3,(H,19,21)(H,20,23). The van der Waals surface area contributed by atoms with Gasteiger partial charge in [-0.15, -0.1) is 0 Å². The molecule has 0 saturated carbocycles. The molecule has 23 heavy (non-hydrogen) atoms. The first-order chi connectivity index (χ1) is 11.1. The van der Waals surface area contributed by atoms with Crippen molar-refractivity contribution in [3.05, 3.63) is 53.9 Å². The molecule has 0 radical (unpaired) electrons. The number of ketones is 1. The van der Waals surface area contributed by atoms with E-state index in [1.165, 1.54) is 0 Å². The number of carbonyl (C=O) groups is 2. The number of nitrogens with two attached hydrogens (primary N) is 1. The molecule has 2 aromatic heterocycles. The number of amides is 1. The molecular weight excluding hydrogens is 292 g/mol. The minimum atomic E-state index is -0.265. The van der Waals surface area contributed by atoms with Crippen LogP contribution in [-0.2, 0) is 0 Å². The highest BCUT2D eigenvalue weighted by molar-refractivity contribution is 6.05. The number of aromatic nitrogens is 2. The molecule has 0 unspecified atom stereocenters. The van der Waals surface area contributed by atoms with Crippen LogP contribution in [0.1, 0.15) is 34.2 Å². The van der Waals surface area contributed by atoms with Crippen molar-refractivity contribution in [1.82, 2.24) is 9.97 Å². The fourth-order valence-electron chi connectivity index (χ4n) is 2.31. The number of Topliss-reactive ketones (excluding diaryl/α,β-unsaturated/α-hetero) is 1. The zero-order valence-electron chi connectivity index (χ0n) is 12.6. The Labute approximate surface area is 132 Å². The lowest BCUT2D eigenvalue weighted by atomic mass is 10.2. The lowest BCUT2D eigenvalue weighted by molar-refractivity contribution is 0.0982. The van der Waals surface area contributed by atoms with Crippen LogP contribution in [0.25, 0.3) is 11.0 Å². The predicted octanol–water partition coefficient (Wildman–Crippen LogP) is 2.99. The molecule has 6 nitrogen and oxygen atoms in total. The highest BCUT2D eigenvalue weighted by Crippen LogP contribution is 2.19. The number of fused-ring (bicyclic) bond motifs is 1. The van der Waals surface area contributed by atoms with Crippen molar-refractivity contribution < 1.29 is 9.59 Å². The lowest BCUT2D eigenvalue weighted by Gasteiger charge is -2.05. The number of nitrogens with one attached hydrogen (secondary N) is 2. The molecular formula is C17H16N4O2. The summed E-state index contributed by atoms with van der Waals surface area (Å²) in [6, 6.07) is 10.2. The highest BCUT2D eigenvalue weighted by atomic mass is 16.1. The van der Waals surface area contributed by atoms with E-state index < -0.39 is 0 Å².